The fourth-order valence-electron chi connectivity index (χ4n) is 3.29. The Morgan fingerprint density at radius 1 is 0.962 bits per heavy atom. The zero-order valence-electron chi connectivity index (χ0n) is 16.2. The van der Waals surface area contributed by atoms with Crippen LogP contribution in [-0.4, -0.2) is 11.8 Å². The molecule has 0 aromatic rings. The fourth-order valence-corrected chi connectivity index (χ4v) is 489. The first-order chi connectivity index (χ1) is 12.1. The van der Waals surface area contributed by atoms with E-state index in [2.05, 4.69) is 28.4 Å². The van der Waals surface area contributed by atoms with Crippen molar-refractivity contribution in [2.45, 2.75) is 75.7 Å². The number of rotatable bonds is 10. The Labute approximate surface area is 186 Å². The number of hydrogen-bond donors (Lipinski definition) is 2. The third-order valence-electron chi connectivity index (χ3n) is 4.10. The molecular formula is C14H30Cl2N2O2Ti6. The van der Waals surface area contributed by atoms with Gasteiger partial charge in [0.25, 0.3) is 0 Å². The van der Waals surface area contributed by atoms with Gasteiger partial charge in [-0.05, 0) is 0 Å². The van der Waals surface area contributed by atoms with Crippen LogP contribution in [-0.2, 0) is 76.7 Å². The molecule has 0 aromatic heterocycles. The molecule has 0 aromatic carbocycles. The third kappa shape index (κ3) is 9.52. The summed E-state index contributed by atoms with van der Waals surface area (Å²) in [7, 11) is 8.91. The number of halogens is 2. The van der Waals surface area contributed by atoms with Crippen molar-refractivity contribution in [1.29, 1.82) is 0 Å². The van der Waals surface area contributed by atoms with E-state index in [1.165, 1.54) is 22.3 Å². The van der Waals surface area contributed by atoms with Crippen molar-refractivity contribution >= 4 is 30.4 Å². The molecule has 4 nitrogen and oxygen atoms in total. The van der Waals surface area contributed by atoms with Crippen LogP contribution in [0.15, 0.2) is 0 Å². The van der Waals surface area contributed by atoms with Gasteiger partial charge in [0.1, 0.15) is 0 Å². The summed E-state index contributed by atoms with van der Waals surface area (Å²) in [4.78, 5) is 24.8. The molecule has 1 aliphatic heterocycles. The second-order valence-corrected chi connectivity index (χ2v) is 105. The van der Waals surface area contributed by atoms with E-state index in [1.54, 1.807) is 0 Å². The maximum atomic E-state index is 12.4. The Morgan fingerprint density at radius 2 is 1.50 bits per heavy atom. The summed E-state index contributed by atoms with van der Waals surface area (Å²) in [6.45, 7) is 8.66. The van der Waals surface area contributed by atoms with E-state index < -0.39 is 41.7 Å². The number of hydrogen-bond acceptors (Lipinski definition) is 2. The van der Waals surface area contributed by atoms with Crippen LogP contribution in [0, 0.1) is 0 Å². The fraction of sp³-hybridized carbons (Fsp3) is 0.857. The molecule has 0 unspecified atom stereocenters. The van der Waals surface area contributed by atoms with Crippen molar-refractivity contribution < 1.29 is 76.7 Å². The van der Waals surface area contributed by atoms with Gasteiger partial charge >= 0.3 is 190 Å². The molecule has 2 amide bonds. The molecule has 146 valence electrons. The van der Waals surface area contributed by atoms with Gasteiger partial charge in [-0.1, -0.05) is 0 Å². The van der Waals surface area contributed by atoms with Crippen molar-refractivity contribution in [2.24, 2.45) is 0 Å². The molecule has 12 heteroatoms. The third-order valence-corrected chi connectivity index (χ3v) is 210. The van der Waals surface area contributed by atoms with E-state index in [-0.39, 0.29) is 37.3 Å². The monoisotopic (exact) mass is 616 g/mol. The minimum atomic E-state index is -3.83. The molecule has 1 saturated heterocycles. The molecule has 0 bridgehead atoms. The zero-order chi connectivity index (χ0) is 19.9. The van der Waals surface area contributed by atoms with Crippen molar-refractivity contribution in [2.75, 3.05) is 0 Å². The number of amides is 2. The molecule has 1 aliphatic rings. The molecule has 26 heavy (non-hydrogen) atoms. The summed E-state index contributed by atoms with van der Waals surface area (Å²) >= 11 is -2.54. The van der Waals surface area contributed by atoms with Gasteiger partial charge in [-0.2, -0.15) is 0 Å². The molecule has 1 heterocycles. The molecular weight excluding hydrogens is 586 g/mol. The molecule has 1 fully saturated rings. The van der Waals surface area contributed by atoms with Gasteiger partial charge in [-0.3, -0.25) is 0 Å². The van der Waals surface area contributed by atoms with Gasteiger partial charge in [0.05, 0.1) is 0 Å². The molecule has 0 atom stereocenters. The Kier molecular flexibility index (Phi) is 13.6. The van der Waals surface area contributed by atoms with E-state index in [1.807, 2.05) is 6.92 Å². The molecule has 2 N–H and O–H groups in total. The van der Waals surface area contributed by atoms with Crippen LogP contribution in [0.5, 0.6) is 0 Å². The molecule has 0 aliphatic carbocycles. The van der Waals surface area contributed by atoms with Crippen molar-refractivity contribution in [1.82, 2.24) is 7.60 Å². The van der Waals surface area contributed by atoms with Gasteiger partial charge in [0.2, 0.25) is 0 Å². The first-order valence-electron chi connectivity index (χ1n) is 9.53. The minimum absolute atomic E-state index is 0.00937. The van der Waals surface area contributed by atoms with Crippen molar-refractivity contribution in [3.05, 3.63) is 0 Å². The van der Waals surface area contributed by atoms with Gasteiger partial charge in [0.15, 0.2) is 0 Å². The van der Waals surface area contributed by atoms with Crippen molar-refractivity contribution in [3.63, 3.8) is 0 Å². The van der Waals surface area contributed by atoms with E-state index in [0.29, 0.717) is 12.8 Å². The first-order valence-corrected chi connectivity index (χ1v) is 41.6. The van der Waals surface area contributed by atoms with E-state index in [4.69, 9.17) is 18.6 Å². The second-order valence-electron chi connectivity index (χ2n) is 6.94. The predicted octanol–water partition coefficient (Wildman–Crippen LogP) is 4.83. The van der Waals surface area contributed by atoms with Gasteiger partial charge in [0, 0.05) is 0 Å². The number of carbonyl (C=O) groups excluding carboxylic acids is 2. The van der Waals surface area contributed by atoms with Crippen LogP contribution in [0.3, 0.4) is 0 Å². The average molecular weight is 617 g/mol. The van der Waals surface area contributed by atoms with E-state index >= 15 is 0 Å². The van der Waals surface area contributed by atoms with Gasteiger partial charge in [-0.25, -0.2) is 0 Å². The summed E-state index contributed by atoms with van der Waals surface area (Å²) in [5.74, 6) is 0.328. The summed E-state index contributed by atoms with van der Waals surface area (Å²) < 4.78 is 9.62. The Balaban J connectivity index is 3.14. The molecule has 0 spiro atoms. The molecule has 0 saturated carbocycles. The molecule has 1 rings (SSSR count). The normalized spacial score (nSPS) is 21.2. The van der Waals surface area contributed by atoms with Crippen LogP contribution in [0.25, 0.3) is 0 Å². The van der Waals surface area contributed by atoms with Crippen LogP contribution in [0.2, 0.25) is 9.45 Å². The standard InChI is InChI=1S/2C4H9NO.2C3H7.2ClH.6Ti/c2*1-2-3-4(5)6;2*1-3-2;;;;;;;;/h2*2-3H2,1H3,(H2,5,6);2*1,3H2,2H3;2*1H;;;;;;/q;;;;;;;;;;+1;+3/p-4. The summed E-state index contributed by atoms with van der Waals surface area (Å²) in [5, 5.41) is 0. The topological polar surface area (TPSA) is 58.2 Å². The Hall–Kier alpha value is 3.81. The number of carbonyl (C=O) groups is 2. The summed E-state index contributed by atoms with van der Waals surface area (Å²) in [5.41, 5.74) is 0. The first kappa shape index (κ1) is 27.8. The maximum absolute atomic E-state index is 12.4. The van der Waals surface area contributed by atoms with Crippen LogP contribution in [0.4, 0.5) is 0 Å². The van der Waals surface area contributed by atoms with Gasteiger partial charge in [-0.15, -0.1) is 0 Å². The van der Waals surface area contributed by atoms with Gasteiger partial charge < -0.3 is 0 Å². The van der Waals surface area contributed by atoms with E-state index in [0.717, 1.165) is 12.8 Å². The predicted molar refractivity (Wildman–Crippen MR) is 88.0 cm³/mol. The van der Waals surface area contributed by atoms with Crippen molar-refractivity contribution in [3.8, 4) is 0 Å². The zero-order valence-corrected chi connectivity index (χ0v) is 27.1. The molecule has 0 radical (unpaired) electrons. The number of nitrogens with one attached hydrogen (secondary N) is 2. The summed E-state index contributed by atoms with van der Waals surface area (Å²) in [6, 6.07) is 0. The average Bonchev–Trinajstić information content (AvgIpc) is 2.45. The quantitative estimate of drug-likeness (QED) is 0.346. The van der Waals surface area contributed by atoms with Crippen LogP contribution in [0.1, 0.15) is 66.2 Å². The van der Waals surface area contributed by atoms with E-state index in [9.17, 15) is 9.59 Å². The van der Waals surface area contributed by atoms with Crippen LogP contribution >= 0.6 is 18.6 Å². The Bertz CT molecular complexity index is 506. The Morgan fingerprint density at radius 3 is 2.00 bits per heavy atom. The SMILES string of the molecule is CCCC(=O)[NH][Ti]1[Ti][Ti]([CH2]CC)([CH2]CC)[Ti][Ti]([Cl])([Cl])([NH]C(=O)CCC)[Ti]1. The van der Waals surface area contributed by atoms with Crippen LogP contribution < -0.4 is 7.60 Å². The second kappa shape index (κ2) is 12.7. The summed E-state index contributed by atoms with van der Waals surface area (Å²) in [6.07, 6.45) is 5.36.